The summed E-state index contributed by atoms with van der Waals surface area (Å²) >= 11 is 0. The van der Waals surface area contributed by atoms with Gasteiger partial charge in [-0.05, 0) is 19.1 Å². The lowest BCUT2D eigenvalue weighted by Crippen LogP contribution is -2.32. The van der Waals surface area contributed by atoms with E-state index in [9.17, 15) is 13.2 Å². The van der Waals surface area contributed by atoms with Crippen molar-refractivity contribution in [1.29, 1.82) is 0 Å². The number of hydrogen-bond acceptors (Lipinski definition) is 4. The van der Waals surface area contributed by atoms with E-state index < -0.39 is 22.2 Å². The van der Waals surface area contributed by atoms with E-state index in [-0.39, 0.29) is 4.90 Å². The number of sulfonamides is 1. The first-order valence-electron chi connectivity index (χ1n) is 6.73. The molecule has 0 aliphatic heterocycles. The molecule has 2 aromatic carbocycles. The number of benzene rings is 2. The molecule has 0 radical (unpaired) electrons. The van der Waals surface area contributed by atoms with Gasteiger partial charge in [-0.1, -0.05) is 53.9 Å². The van der Waals surface area contributed by atoms with Crippen LogP contribution in [0.2, 0.25) is 0 Å². The summed E-state index contributed by atoms with van der Waals surface area (Å²) in [5, 5.41) is 0. The Morgan fingerprint density at radius 3 is 2.30 bits per heavy atom. The first-order valence-corrected chi connectivity index (χ1v) is 8.22. The minimum Gasteiger partial charge on any atom is -0.427 e. The van der Waals surface area contributed by atoms with Gasteiger partial charge < -0.3 is 4.74 Å². The Kier molecular flexibility index (Phi) is 5.04. The molecule has 0 aliphatic carbocycles. The predicted octanol–water partition coefficient (Wildman–Crippen LogP) is 2.78. The maximum absolute atomic E-state index is 12.1. The SMILES string of the molecule is C#CC(OC(=O)NS(=O)(=O)c1ccc(C)cc1)c1ccccc1. The van der Waals surface area contributed by atoms with Gasteiger partial charge >= 0.3 is 6.09 Å². The number of aryl methyl sites for hydroxylation is 1. The Labute approximate surface area is 135 Å². The first kappa shape index (κ1) is 16.6. The molecule has 1 atom stereocenters. The number of ether oxygens (including phenoxy) is 1. The average molecular weight is 329 g/mol. The van der Waals surface area contributed by atoms with Crippen molar-refractivity contribution < 1.29 is 17.9 Å². The lowest BCUT2D eigenvalue weighted by Gasteiger charge is -2.13. The third kappa shape index (κ3) is 4.34. The van der Waals surface area contributed by atoms with Crippen LogP contribution in [0.25, 0.3) is 0 Å². The summed E-state index contributed by atoms with van der Waals surface area (Å²) in [7, 11) is -4.01. The third-order valence-corrected chi connectivity index (χ3v) is 4.36. The molecule has 1 unspecified atom stereocenters. The number of amides is 1. The topological polar surface area (TPSA) is 72.5 Å². The highest BCUT2D eigenvalue weighted by Gasteiger charge is 2.21. The van der Waals surface area contributed by atoms with Gasteiger partial charge in [-0.25, -0.2) is 17.9 Å². The fraction of sp³-hybridized carbons (Fsp3) is 0.118. The molecule has 0 saturated carbocycles. The zero-order valence-electron chi connectivity index (χ0n) is 12.4. The minimum atomic E-state index is -4.01. The summed E-state index contributed by atoms with van der Waals surface area (Å²) in [5.41, 5.74) is 1.49. The van der Waals surface area contributed by atoms with Gasteiger partial charge in [0.2, 0.25) is 0 Å². The Bertz CT molecular complexity index is 821. The second kappa shape index (κ2) is 6.99. The van der Waals surface area contributed by atoms with Gasteiger partial charge in [0.05, 0.1) is 4.90 Å². The Balaban J connectivity index is 2.09. The number of carbonyl (C=O) groups is 1. The van der Waals surface area contributed by atoms with Crippen molar-refractivity contribution in [2.45, 2.75) is 17.9 Å². The number of nitrogens with one attached hydrogen (secondary N) is 1. The molecule has 0 aliphatic rings. The minimum absolute atomic E-state index is 0.0305. The summed E-state index contributed by atoms with van der Waals surface area (Å²) in [6, 6.07) is 14.7. The monoisotopic (exact) mass is 329 g/mol. The molecule has 1 amide bonds. The van der Waals surface area contributed by atoms with Crippen LogP contribution in [0, 0.1) is 19.3 Å². The number of carbonyl (C=O) groups excluding carboxylic acids is 1. The Hall–Kier alpha value is -2.78. The normalized spacial score (nSPS) is 12.0. The van der Waals surface area contributed by atoms with Crippen LogP contribution in [0.4, 0.5) is 4.79 Å². The zero-order chi connectivity index (χ0) is 16.9. The molecule has 1 N–H and O–H groups in total. The second-order valence-corrected chi connectivity index (χ2v) is 6.46. The van der Waals surface area contributed by atoms with Crippen LogP contribution in [-0.2, 0) is 14.8 Å². The van der Waals surface area contributed by atoms with Crippen molar-refractivity contribution in [2.75, 3.05) is 0 Å². The van der Waals surface area contributed by atoms with Crippen LogP contribution < -0.4 is 4.72 Å². The van der Waals surface area contributed by atoms with Crippen molar-refractivity contribution in [3.63, 3.8) is 0 Å². The fourth-order valence-corrected chi connectivity index (χ4v) is 2.72. The quantitative estimate of drug-likeness (QED) is 0.876. The number of terminal acetylenes is 1. The highest BCUT2D eigenvalue weighted by atomic mass is 32.2. The summed E-state index contributed by atoms with van der Waals surface area (Å²) in [5.74, 6) is 2.30. The Morgan fingerprint density at radius 2 is 1.74 bits per heavy atom. The van der Waals surface area contributed by atoms with Crippen LogP contribution in [-0.4, -0.2) is 14.5 Å². The van der Waals surface area contributed by atoms with Crippen molar-refractivity contribution in [3.8, 4) is 12.3 Å². The van der Waals surface area contributed by atoms with Crippen LogP contribution >= 0.6 is 0 Å². The molecule has 0 fully saturated rings. The molecule has 5 nitrogen and oxygen atoms in total. The van der Waals surface area contributed by atoms with Gasteiger partial charge in [0.25, 0.3) is 10.0 Å². The van der Waals surface area contributed by atoms with Crippen LogP contribution in [0.3, 0.4) is 0 Å². The van der Waals surface area contributed by atoms with Crippen molar-refractivity contribution in [1.82, 2.24) is 4.72 Å². The van der Waals surface area contributed by atoms with E-state index in [0.29, 0.717) is 5.56 Å². The molecule has 0 spiro atoms. The molecule has 2 rings (SSSR count). The van der Waals surface area contributed by atoms with E-state index in [4.69, 9.17) is 11.2 Å². The van der Waals surface area contributed by atoms with Gasteiger partial charge in [0.1, 0.15) is 0 Å². The van der Waals surface area contributed by atoms with Gasteiger partial charge in [-0.15, -0.1) is 6.42 Å². The highest BCUT2D eigenvalue weighted by molar-refractivity contribution is 7.90. The predicted molar refractivity (Wildman–Crippen MR) is 86.0 cm³/mol. The van der Waals surface area contributed by atoms with Crippen molar-refractivity contribution >= 4 is 16.1 Å². The third-order valence-electron chi connectivity index (χ3n) is 3.03. The zero-order valence-corrected chi connectivity index (χ0v) is 13.2. The number of hydrogen-bond donors (Lipinski definition) is 1. The summed E-state index contributed by atoms with van der Waals surface area (Å²) in [6.07, 6.45) is 3.24. The standard InChI is InChI=1S/C17H15NO4S/c1-3-16(14-7-5-4-6-8-14)22-17(19)18-23(20,21)15-11-9-13(2)10-12-15/h1,4-12,16H,2H3,(H,18,19). The maximum Gasteiger partial charge on any atom is 0.422 e. The van der Waals surface area contributed by atoms with Gasteiger partial charge in [-0.2, -0.15) is 0 Å². The van der Waals surface area contributed by atoms with E-state index in [0.717, 1.165) is 5.56 Å². The van der Waals surface area contributed by atoms with E-state index in [1.54, 1.807) is 42.5 Å². The van der Waals surface area contributed by atoms with Gasteiger partial charge in [-0.3, -0.25) is 0 Å². The molecular weight excluding hydrogens is 314 g/mol. The molecule has 6 heteroatoms. The highest BCUT2D eigenvalue weighted by Crippen LogP contribution is 2.17. The van der Waals surface area contributed by atoms with Crippen LogP contribution in [0.5, 0.6) is 0 Å². The molecule has 0 heterocycles. The molecule has 2 aromatic rings. The Morgan fingerprint density at radius 1 is 1.13 bits per heavy atom. The lowest BCUT2D eigenvalue weighted by atomic mass is 10.1. The van der Waals surface area contributed by atoms with Gasteiger partial charge in [0.15, 0.2) is 6.10 Å². The lowest BCUT2D eigenvalue weighted by molar-refractivity contribution is 0.130. The maximum atomic E-state index is 12.1. The fourth-order valence-electron chi connectivity index (χ4n) is 1.84. The van der Waals surface area contributed by atoms with E-state index in [1.807, 2.05) is 11.6 Å². The van der Waals surface area contributed by atoms with Gasteiger partial charge in [0, 0.05) is 5.56 Å². The van der Waals surface area contributed by atoms with E-state index in [1.165, 1.54) is 12.1 Å². The van der Waals surface area contributed by atoms with E-state index >= 15 is 0 Å². The smallest absolute Gasteiger partial charge is 0.422 e. The molecule has 23 heavy (non-hydrogen) atoms. The molecule has 0 saturated heterocycles. The van der Waals surface area contributed by atoms with E-state index in [2.05, 4.69) is 5.92 Å². The first-order chi connectivity index (χ1) is 10.9. The van der Waals surface area contributed by atoms with Crippen LogP contribution in [0.1, 0.15) is 17.2 Å². The summed E-state index contributed by atoms with van der Waals surface area (Å²) < 4.78 is 31.0. The molecule has 118 valence electrons. The van der Waals surface area contributed by atoms with Crippen molar-refractivity contribution in [3.05, 3.63) is 65.7 Å². The second-order valence-electron chi connectivity index (χ2n) is 4.78. The summed E-state index contributed by atoms with van der Waals surface area (Å²) in [6.45, 7) is 1.83. The molecular formula is C17H15NO4S. The molecule has 0 aromatic heterocycles. The van der Waals surface area contributed by atoms with Crippen molar-refractivity contribution in [2.24, 2.45) is 0 Å². The number of rotatable bonds is 4. The van der Waals surface area contributed by atoms with Crippen LogP contribution in [0.15, 0.2) is 59.5 Å². The summed E-state index contributed by atoms with van der Waals surface area (Å²) in [4.78, 5) is 11.8. The average Bonchev–Trinajstić information content (AvgIpc) is 2.53. The molecule has 0 bridgehead atoms. The largest absolute Gasteiger partial charge is 0.427 e.